The lowest BCUT2D eigenvalue weighted by atomic mass is 10.1. The maximum atomic E-state index is 13.4. The first-order valence-corrected chi connectivity index (χ1v) is 9.39. The molecule has 0 saturated heterocycles. The van der Waals surface area contributed by atoms with E-state index in [9.17, 15) is 22.8 Å². The number of carbonyl (C=O) groups is 1. The van der Waals surface area contributed by atoms with Gasteiger partial charge in [0.05, 0.1) is 23.6 Å². The van der Waals surface area contributed by atoms with Crippen LogP contribution in [0.15, 0.2) is 29.1 Å². The third-order valence-corrected chi connectivity index (χ3v) is 5.06. The number of aryl methyl sites for hydroxylation is 1. The molecule has 29 heavy (non-hydrogen) atoms. The highest BCUT2D eigenvalue weighted by Gasteiger charge is 2.38. The summed E-state index contributed by atoms with van der Waals surface area (Å²) in [6.07, 6.45) is -2.67. The van der Waals surface area contributed by atoms with Gasteiger partial charge >= 0.3 is 6.18 Å². The molecular formula is C20H19F3N4O2. The van der Waals surface area contributed by atoms with Crippen molar-refractivity contribution in [1.29, 1.82) is 0 Å². The van der Waals surface area contributed by atoms with E-state index < -0.39 is 17.4 Å². The highest BCUT2D eigenvalue weighted by molar-refractivity contribution is 5.96. The highest BCUT2D eigenvalue weighted by Crippen LogP contribution is 2.41. The van der Waals surface area contributed by atoms with Gasteiger partial charge in [0, 0.05) is 18.4 Å². The highest BCUT2D eigenvalue weighted by atomic mass is 19.4. The molecule has 0 atom stereocenters. The smallest absolute Gasteiger partial charge is 0.293 e. The summed E-state index contributed by atoms with van der Waals surface area (Å²) in [5, 5.41) is 4.11. The van der Waals surface area contributed by atoms with Crippen LogP contribution in [0, 0.1) is 6.92 Å². The average molecular weight is 404 g/mol. The lowest BCUT2D eigenvalue weighted by Crippen LogP contribution is -2.24. The second-order valence-corrected chi connectivity index (χ2v) is 7.31. The van der Waals surface area contributed by atoms with E-state index in [0.29, 0.717) is 11.3 Å². The minimum absolute atomic E-state index is 0.0677. The van der Waals surface area contributed by atoms with E-state index >= 15 is 0 Å². The predicted molar refractivity (Wildman–Crippen MR) is 99.1 cm³/mol. The second kappa shape index (κ2) is 6.82. The topological polar surface area (TPSA) is 69.3 Å². The normalized spacial score (nSPS) is 14.5. The molecule has 1 saturated carbocycles. The summed E-state index contributed by atoms with van der Waals surface area (Å²) in [5.41, 5.74) is 0.325. The molecule has 1 aliphatic rings. The molecule has 3 aromatic heterocycles. The first kappa shape index (κ1) is 19.4. The van der Waals surface area contributed by atoms with Gasteiger partial charge in [0.1, 0.15) is 11.3 Å². The Bertz CT molecular complexity index is 1170. The van der Waals surface area contributed by atoms with Gasteiger partial charge in [-0.15, -0.1) is 0 Å². The van der Waals surface area contributed by atoms with E-state index in [0.717, 1.165) is 29.7 Å². The van der Waals surface area contributed by atoms with Crippen LogP contribution in [0.1, 0.15) is 65.2 Å². The molecule has 0 aromatic carbocycles. The minimum atomic E-state index is -4.55. The van der Waals surface area contributed by atoms with Gasteiger partial charge < -0.3 is 0 Å². The SMILES string of the molecule is CCC(=O)c1c(C)ccc2nc(Cn3nc(C4CC4)cc3C(F)(F)F)cc(=O)n12. The maximum absolute atomic E-state index is 13.4. The van der Waals surface area contributed by atoms with Crippen LogP contribution >= 0.6 is 0 Å². The Morgan fingerprint density at radius 1 is 1.24 bits per heavy atom. The zero-order valence-corrected chi connectivity index (χ0v) is 16.0. The molecule has 3 heterocycles. The fourth-order valence-corrected chi connectivity index (χ4v) is 3.45. The van der Waals surface area contributed by atoms with Crippen molar-refractivity contribution >= 4 is 11.4 Å². The molecule has 0 amide bonds. The number of pyridine rings is 1. The van der Waals surface area contributed by atoms with Crippen molar-refractivity contribution < 1.29 is 18.0 Å². The molecule has 1 fully saturated rings. The summed E-state index contributed by atoms with van der Waals surface area (Å²) in [6.45, 7) is 3.14. The maximum Gasteiger partial charge on any atom is 0.433 e. The van der Waals surface area contributed by atoms with E-state index in [-0.39, 0.29) is 41.7 Å². The zero-order chi connectivity index (χ0) is 20.9. The molecule has 152 valence electrons. The van der Waals surface area contributed by atoms with Crippen LogP contribution in [-0.4, -0.2) is 24.9 Å². The van der Waals surface area contributed by atoms with Crippen LogP contribution in [0.3, 0.4) is 0 Å². The number of Topliss-reactive ketones (excluding diaryl/α,β-unsaturated/α-hetero) is 1. The molecule has 0 bridgehead atoms. The number of halogens is 3. The molecule has 0 aliphatic heterocycles. The Morgan fingerprint density at radius 3 is 2.59 bits per heavy atom. The zero-order valence-electron chi connectivity index (χ0n) is 16.0. The number of ketones is 1. The summed E-state index contributed by atoms with van der Waals surface area (Å²) in [4.78, 5) is 29.3. The van der Waals surface area contributed by atoms with Gasteiger partial charge in [-0.3, -0.25) is 18.7 Å². The van der Waals surface area contributed by atoms with E-state index in [2.05, 4.69) is 10.1 Å². The quantitative estimate of drug-likeness (QED) is 0.608. The fourth-order valence-electron chi connectivity index (χ4n) is 3.45. The van der Waals surface area contributed by atoms with Crippen molar-refractivity contribution in [2.24, 2.45) is 0 Å². The molecule has 0 spiro atoms. The van der Waals surface area contributed by atoms with Gasteiger partial charge in [0.2, 0.25) is 0 Å². The van der Waals surface area contributed by atoms with Crippen molar-refractivity contribution in [3.05, 3.63) is 63.0 Å². The summed E-state index contributed by atoms with van der Waals surface area (Å²) in [6, 6.07) is 5.50. The van der Waals surface area contributed by atoms with Crippen molar-refractivity contribution in [2.45, 2.75) is 51.7 Å². The van der Waals surface area contributed by atoms with E-state index in [1.165, 1.54) is 4.40 Å². The number of rotatable bonds is 5. The largest absolute Gasteiger partial charge is 0.433 e. The fraction of sp³-hybridized carbons (Fsp3) is 0.400. The van der Waals surface area contributed by atoms with Crippen LogP contribution in [0.25, 0.3) is 5.65 Å². The van der Waals surface area contributed by atoms with E-state index in [1.54, 1.807) is 26.0 Å². The number of carbonyl (C=O) groups excluding carboxylic acids is 1. The molecule has 3 aromatic rings. The Balaban J connectivity index is 1.80. The number of aromatic nitrogens is 4. The Morgan fingerprint density at radius 2 is 1.97 bits per heavy atom. The Hall–Kier alpha value is -2.97. The van der Waals surface area contributed by atoms with Crippen LogP contribution in [-0.2, 0) is 12.7 Å². The number of hydrogen-bond acceptors (Lipinski definition) is 4. The van der Waals surface area contributed by atoms with E-state index in [1.807, 2.05) is 0 Å². The van der Waals surface area contributed by atoms with Gasteiger partial charge in [-0.25, -0.2) is 4.98 Å². The number of nitrogens with zero attached hydrogens (tertiary/aromatic N) is 4. The first-order chi connectivity index (χ1) is 13.7. The lowest BCUT2D eigenvalue weighted by Gasteiger charge is -2.12. The number of alkyl halides is 3. The molecule has 6 nitrogen and oxygen atoms in total. The van der Waals surface area contributed by atoms with Crippen molar-refractivity contribution in [1.82, 2.24) is 19.2 Å². The van der Waals surface area contributed by atoms with Gasteiger partial charge in [-0.1, -0.05) is 13.0 Å². The van der Waals surface area contributed by atoms with Gasteiger partial charge in [0.15, 0.2) is 5.78 Å². The van der Waals surface area contributed by atoms with Crippen LogP contribution in [0.4, 0.5) is 13.2 Å². The molecule has 0 unspecified atom stereocenters. The van der Waals surface area contributed by atoms with Crippen molar-refractivity contribution in [2.75, 3.05) is 0 Å². The monoisotopic (exact) mass is 404 g/mol. The van der Waals surface area contributed by atoms with Crippen LogP contribution < -0.4 is 5.56 Å². The molecule has 9 heteroatoms. The molecule has 0 N–H and O–H groups in total. The summed E-state index contributed by atoms with van der Waals surface area (Å²) >= 11 is 0. The molecule has 4 rings (SSSR count). The Kier molecular flexibility index (Phi) is 4.55. The third kappa shape index (κ3) is 3.56. The summed E-state index contributed by atoms with van der Waals surface area (Å²) in [5.74, 6) is -0.136. The predicted octanol–water partition coefficient (Wildman–Crippen LogP) is 3.74. The molecule has 1 aliphatic carbocycles. The lowest BCUT2D eigenvalue weighted by molar-refractivity contribution is -0.144. The van der Waals surface area contributed by atoms with Crippen LogP contribution in [0.2, 0.25) is 0 Å². The minimum Gasteiger partial charge on any atom is -0.293 e. The average Bonchev–Trinajstić information content (AvgIpc) is 3.41. The first-order valence-electron chi connectivity index (χ1n) is 9.39. The van der Waals surface area contributed by atoms with Gasteiger partial charge in [-0.05, 0) is 37.5 Å². The van der Waals surface area contributed by atoms with Crippen molar-refractivity contribution in [3.8, 4) is 0 Å². The van der Waals surface area contributed by atoms with Crippen LogP contribution in [0.5, 0.6) is 0 Å². The summed E-state index contributed by atoms with van der Waals surface area (Å²) in [7, 11) is 0. The Labute approximate surface area is 164 Å². The van der Waals surface area contributed by atoms with Gasteiger partial charge in [0.25, 0.3) is 5.56 Å². The van der Waals surface area contributed by atoms with E-state index in [4.69, 9.17) is 0 Å². The standard InChI is InChI=1S/C20H19F3N4O2/c1-3-15(28)19-11(2)4-7-17-24-13(8-18(29)27(17)19)10-26-16(20(21,22)23)9-14(25-26)12-5-6-12/h4,7-9,12H,3,5-6,10H2,1-2H3. The summed E-state index contributed by atoms with van der Waals surface area (Å²) < 4.78 is 42.3. The number of fused-ring (bicyclic) bond motifs is 1. The third-order valence-electron chi connectivity index (χ3n) is 5.06. The number of hydrogen-bond donors (Lipinski definition) is 0. The van der Waals surface area contributed by atoms with Crippen molar-refractivity contribution in [3.63, 3.8) is 0 Å². The second-order valence-electron chi connectivity index (χ2n) is 7.31. The molecule has 0 radical (unpaired) electrons. The van der Waals surface area contributed by atoms with Gasteiger partial charge in [-0.2, -0.15) is 18.3 Å². The molecular weight excluding hydrogens is 385 g/mol.